The van der Waals surface area contributed by atoms with E-state index in [1.54, 1.807) is 153 Å². The molecule has 33 nitrogen and oxygen atoms in total. The van der Waals surface area contributed by atoms with Gasteiger partial charge in [-0.25, -0.2) is 19.9 Å². The fourth-order valence-electron chi connectivity index (χ4n) is 18.2. The van der Waals surface area contributed by atoms with Crippen LogP contribution in [0.5, 0.6) is 0 Å². The summed E-state index contributed by atoms with van der Waals surface area (Å²) < 4.78 is 45.8. The Hall–Kier alpha value is -12.6. The minimum Gasteiger partial charge on any atom is -1.00 e. The number of pyridine rings is 4. The number of anilines is 4. The molecule has 0 spiro atoms. The minimum absolute atomic E-state index is 0. The van der Waals surface area contributed by atoms with Crippen molar-refractivity contribution in [2.45, 2.75) is 258 Å². The van der Waals surface area contributed by atoms with Crippen LogP contribution < -0.4 is 40.1 Å². The van der Waals surface area contributed by atoms with E-state index in [-0.39, 0.29) is 112 Å². The van der Waals surface area contributed by atoms with Crippen LogP contribution in [0.2, 0.25) is 0 Å². The van der Waals surface area contributed by atoms with E-state index >= 15 is 0 Å². The summed E-state index contributed by atoms with van der Waals surface area (Å²) in [6, 6.07) is 43.2. The summed E-state index contributed by atoms with van der Waals surface area (Å²) in [6.07, 6.45) is 21.4. The summed E-state index contributed by atoms with van der Waals surface area (Å²) in [4.78, 5) is 103. The summed E-state index contributed by atoms with van der Waals surface area (Å²) in [6.45, 7) is 27.4. The van der Waals surface area contributed by atoms with E-state index in [2.05, 4.69) is 51.4 Å². The average molecular weight is 1960 g/mol. The van der Waals surface area contributed by atoms with E-state index in [9.17, 15) is 67.5 Å². The van der Waals surface area contributed by atoms with Crippen LogP contribution in [0.25, 0.3) is 43.6 Å². The predicted molar refractivity (Wildman–Crippen MR) is 545 cm³/mol. The number of carbonyl (C=O) groups excluding carboxylic acids is 7. The number of hydrogen-bond donors (Lipinski definition) is 10. The number of nitrogens with one attached hydrogen (secondary N) is 5. The first-order valence-electron chi connectivity index (χ1n) is 48.3. The van der Waals surface area contributed by atoms with E-state index in [0.29, 0.717) is 119 Å². The van der Waals surface area contributed by atoms with Crippen LogP contribution in [-0.2, 0) is 60.6 Å². The summed E-state index contributed by atoms with van der Waals surface area (Å²) in [5.41, 5.74) is 8.38. The second kappa shape index (κ2) is 48.2. The van der Waals surface area contributed by atoms with Crippen molar-refractivity contribution in [1.82, 2.24) is 59.5 Å². The van der Waals surface area contributed by atoms with E-state index in [4.69, 9.17) is 29.0 Å². The monoisotopic (exact) mass is 1960 g/mol. The standard InChI is InChI=1S/C26H32N4O4.C24H30N4O3.C24H28N4O3.C17H18N4O2.C16H22O5S.B.Li.H/c1-5-34-25(32)17-9-11-19(12-10-17)30-15-18-13-23(20(26(3,4)33)14-22(18)29-30)28-24(31)21-8-6-7-16(2)27-21;2*1-15-5-4-6-20(25-15)23(30)26-22-11-17-13-28(18-9-7-16(14-29)8-10-18)27-21(17)12-19(22)24(2,3)31;1-10-5-4-6-13(19-10)16(22)20-15-7-11-9-18-21-14(11)8-12(15)17(2,3)23;1-3-20-16(17)13-6-8-14(9-7-13)21-22(18,19)15-10-4-12(2)5-11-15;;;/h6-8,13-15,17,19,33H,5,9-12H2,1-4H3,(H,28,31);4-6,11-13,16,18,29,31H,7-10,14H2,1-3H3,(H,26,30);4-6,11-14,16,18,31H,7-10H2,1-3H3,(H,26,30);4-9,23H,1-3H3,(H,18,21)(H,20,22);4-5,10-11,13-14H,3,6-9H2,1-2H3;;;/q;;;;;;+1;-1. The molecule has 4 aliphatic rings. The Bertz CT molecular complexity index is 6770. The van der Waals surface area contributed by atoms with E-state index < -0.39 is 32.5 Å². The number of esters is 2. The number of aromatic amines is 1. The molecule has 4 saturated carbocycles. The molecule has 751 valence electrons. The second-order valence-corrected chi connectivity index (χ2v) is 40.7. The Labute approximate surface area is 849 Å². The van der Waals surface area contributed by atoms with Crippen LogP contribution in [0, 0.1) is 58.3 Å². The number of aliphatic hydroxyl groups excluding tert-OH is 1. The van der Waals surface area contributed by atoms with Gasteiger partial charge in [0.2, 0.25) is 0 Å². The molecule has 0 unspecified atom stereocenters. The van der Waals surface area contributed by atoms with Gasteiger partial charge in [0.05, 0.1) is 105 Å². The van der Waals surface area contributed by atoms with Gasteiger partial charge in [-0.15, -0.1) is 0 Å². The van der Waals surface area contributed by atoms with Crippen molar-refractivity contribution in [2.75, 3.05) is 41.1 Å². The third kappa shape index (κ3) is 29.2. The third-order valence-corrected chi connectivity index (χ3v) is 27.4. The zero-order chi connectivity index (χ0) is 102. The number of aliphatic hydroxyl groups is 5. The first-order valence-corrected chi connectivity index (χ1v) is 49.7. The average Bonchev–Trinajstić information content (AvgIpc) is 1.64. The number of aldehydes is 1. The number of rotatable bonds is 24. The number of nitrogens with zero attached hydrogens (tertiary/aromatic N) is 11. The van der Waals surface area contributed by atoms with Gasteiger partial charge in [0.15, 0.2) is 0 Å². The number of H-pyrrole nitrogens is 1. The Morgan fingerprint density at radius 2 is 0.755 bits per heavy atom. The smallest absolute Gasteiger partial charge is 1.00 e. The Morgan fingerprint density at radius 3 is 1.07 bits per heavy atom. The molecule has 4 amide bonds. The van der Waals surface area contributed by atoms with E-state index in [1.807, 2.05) is 135 Å². The first kappa shape index (κ1) is 111. The van der Waals surface area contributed by atoms with Crippen LogP contribution in [0.1, 0.15) is 284 Å². The fourth-order valence-corrected chi connectivity index (χ4v) is 19.3. The summed E-state index contributed by atoms with van der Waals surface area (Å²) in [7, 11) is -3.74. The molecule has 13 aromatic rings. The van der Waals surface area contributed by atoms with Gasteiger partial charge >= 0.3 is 30.8 Å². The SMILES string of the molecule is CCOC(=O)C1CCC(OS(=O)(=O)c2ccc(C)cc2)CC1.CCOC(=O)C1CCC(n2cc3cc(NC(=O)c4cccc(C)n4)c(C(C)(C)O)cc3n2)CC1.Cc1cccc(C(=O)Nc2cc3cn(C4CCC(C=O)CC4)nc3cc2C(C)(C)O)n1.Cc1cccc(C(=O)Nc2cc3cn(C4CCC(CO)CC4)nc3cc2C(C)(C)O)n1.Cc1cccc(C(=O)Nc2cc3cn[nH]c3cc2C(C)(C)O)n1.[B].[H-].[Li+]. The number of aryl methyl sites for hydroxylation is 5. The number of fused-ring (bicyclic) bond motifs is 4. The number of ether oxygens (including phenoxy) is 2. The number of hydrogen-bond acceptors (Lipinski definition) is 25. The Balaban J connectivity index is 0.000000185. The molecule has 0 atom stereocenters. The molecule has 17 rings (SSSR count). The van der Waals surface area contributed by atoms with Crippen molar-refractivity contribution in [3.63, 3.8) is 0 Å². The van der Waals surface area contributed by atoms with Crippen molar-refractivity contribution in [1.29, 1.82) is 0 Å². The topological polar surface area (TPSA) is 464 Å². The molecule has 0 bridgehead atoms. The van der Waals surface area contributed by atoms with Gasteiger partial charge in [-0.3, -0.25) is 52.1 Å². The van der Waals surface area contributed by atoms with Crippen molar-refractivity contribution >= 4 is 127 Å². The van der Waals surface area contributed by atoms with Crippen LogP contribution in [0.4, 0.5) is 22.7 Å². The molecule has 143 heavy (non-hydrogen) atoms. The second-order valence-electron chi connectivity index (χ2n) is 39.2. The Kier molecular flexibility index (Phi) is 37.4. The van der Waals surface area contributed by atoms with E-state index in [1.165, 1.54) is 0 Å². The zero-order valence-corrected chi connectivity index (χ0v) is 85.2. The van der Waals surface area contributed by atoms with Gasteiger partial charge in [-0.05, 0) is 322 Å². The van der Waals surface area contributed by atoms with Crippen molar-refractivity contribution in [2.24, 2.45) is 23.7 Å². The van der Waals surface area contributed by atoms with Crippen molar-refractivity contribution < 1.29 is 101 Å². The maximum Gasteiger partial charge on any atom is 1.00 e. The normalized spacial score (nSPS) is 18.2. The molecule has 5 aromatic carbocycles. The van der Waals surface area contributed by atoms with Crippen molar-refractivity contribution in [3.05, 3.63) is 244 Å². The van der Waals surface area contributed by atoms with Crippen LogP contribution in [0.15, 0.2) is 175 Å². The number of aromatic nitrogens is 12. The third-order valence-electron chi connectivity index (χ3n) is 26.0. The largest absolute Gasteiger partial charge is 1.00 e. The molecular formula is C107H131BLiN16O17S. The molecule has 3 radical (unpaired) electrons. The van der Waals surface area contributed by atoms with Gasteiger partial charge < -0.3 is 62.5 Å². The molecule has 0 saturated heterocycles. The minimum atomic E-state index is -3.74. The van der Waals surface area contributed by atoms with Crippen LogP contribution in [-0.4, -0.2) is 170 Å². The van der Waals surface area contributed by atoms with Gasteiger partial charge in [-0.1, -0.05) is 42.0 Å². The maximum atomic E-state index is 12.9. The molecule has 4 fully saturated rings. The number of benzene rings is 5. The molecule has 0 aliphatic heterocycles. The molecule has 4 aliphatic carbocycles. The maximum absolute atomic E-state index is 12.9. The van der Waals surface area contributed by atoms with Crippen LogP contribution >= 0.6 is 0 Å². The van der Waals surface area contributed by atoms with Gasteiger partial charge in [0.25, 0.3) is 33.7 Å². The molecule has 8 heterocycles. The number of amides is 4. The summed E-state index contributed by atoms with van der Waals surface area (Å²) >= 11 is 0. The molecule has 8 aromatic heterocycles. The molecular weight excluding hydrogens is 1830 g/mol. The van der Waals surface area contributed by atoms with Crippen molar-refractivity contribution in [3.8, 4) is 0 Å². The summed E-state index contributed by atoms with van der Waals surface area (Å²) in [5.74, 6) is -1.23. The van der Waals surface area contributed by atoms with Gasteiger partial charge in [-0.2, -0.15) is 28.8 Å². The van der Waals surface area contributed by atoms with Gasteiger partial charge in [0.1, 0.15) is 29.1 Å². The summed E-state index contributed by atoms with van der Waals surface area (Å²) in [5, 5.41) is 88.3. The van der Waals surface area contributed by atoms with Crippen LogP contribution in [0.3, 0.4) is 0 Å². The Morgan fingerprint density at radius 1 is 0.441 bits per heavy atom. The predicted octanol–water partition coefficient (Wildman–Crippen LogP) is 14.9. The number of carbonyl (C=O) groups is 7. The molecule has 36 heteroatoms. The zero-order valence-electron chi connectivity index (χ0n) is 85.3. The quantitative estimate of drug-likeness (QED) is 0.0116. The first-order chi connectivity index (χ1) is 66.9. The fraction of sp³-hybridized carbons (Fsp3) is 0.430. The van der Waals surface area contributed by atoms with E-state index in [0.717, 1.165) is 155 Å². The molecule has 10 N–H and O–H groups in total. The van der Waals surface area contributed by atoms with Gasteiger partial charge in [0, 0.05) is 129 Å².